The molecule has 0 aliphatic rings. The van der Waals surface area contributed by atoms with Gasteiger partial charge in [-0.3, -0.25) is 4.68 Å². The normalized spacial score (nSPS) is 10.6. The molecular weight excluding hydrogens is 294 g/mol. The van der Waals surface area contributed by atoms with E-state index in [0.717, 1.165) is 23.2 Å². The third kappa shape index (κ3) is 3.85. The van der Waals surface area contributed by atoms with Crippen LogP contribution in [0.25, 0.3) is 0 Å². The SMILES string of the molecule is NCCc1cnn(CCOc2ccc(Br)cc2)c1. The van der Waals surface area contributed by atoms with Crippen molar-refractivity contribution in [1.29, 1.82) is 0 Å². The summed E-state index contributed by atoms with van der Waals surface area (Å²) in [4.78, 5) is 0. The van der Waals surface area contributed by atoms with Crippen molar-refractivity contribution in [2.24, 2.45) is 5.73 Å². The van der Waals surface area contributed by atoms with Crippen molar-refractivity contribution in [3.05, 3.63) is 46.7 Å². The molecule has 0 fully saturated rings. The Morgan fingerprint density at radius 1 is 1.28 bits per heavy atom. The van der Waals surface area contributed by atoms with Crippen LogP contribution in [0.4, 0.5) is 0 Å². The minimum absolute atomic E-state index is 0.603. The van der Waals surface area contributed by atoms with E-state index in [1.54, 1.807) is 0 Å². The van der Waals surface area contributed by atoms with Crippen LogP contribution in [0.5, 0.6) is 5.75 Å². The molecule has 0 saturated carbocycles. The second-order valence-electron chi connectivity index (χ2n) is 3.95. The van der Waals surface area contributed by atoms with E-state index in [0.29, 0.717) is 13.2 Å². The van der Waals surface area contributed by atoms with Gasteiger partial charge in [0.1, 0.15) is 12.4 Å². The van der Waals surface area contributed by atoms with Crippen molar-refractivity contribution >= 4 is 15.9 Å². The molecule has 5 heteroatoms. The van der Waals surface area contributed by atoms with Crippen LogP contribution in [0.3, 0.4) is 0 Å². The lowest BCUT2D eigenvalue weighted by atomic mass is 10.3. The summed E-state index contributed by atoms with van der Waals surface area (Å²) in [6, 6.07) is 7.80. The topological polar surface area (TPSA) is 53.1 Å². The van der Waals surface area contributed by atoms with Gasteiger partial charge in [0.2, 0.25) is 0 Å². The van der Waals surface area contributed by atoms with E-state index >= 15 is 0 Å². The third-order valence-corrected chi connectivity index (χ3v) is 3.05. The molecule has 0 atom stereocenters. The van der Waals surface area contributed by atoms with E-state index in [1.165, 1.54) is 5.56 Å². The largest absolute Gasteiger partial charge is 0.492 e. The molecule has 0 bridgehead atoms. The van der Waals surface area contributed by atoms with Crippen molar-refractivity contribution in [2.75, 3.05) is 13.2 Å². The molecule has 2 N–H and O–H groups in total. The van der Waals surface area contributed by atoms with Gasteiger partial charge in [0.05, 0.1) is 12.7 Å². The highest BCUT2D eigenvalue weighted by atomic mass is 79.9. The highest BCUT2D eigenvalue weighted by Crippen LogP contribution is 2.15. The minimum Gasteiger partial charge on any atom is -0.492 e. The van der Waals surface area contributed by atoms with E-state index in [2.05, 4.69) is 21.0 Å². The van der Waals surface area contributed by atoms with Gasteiger partial charge < -0.3 is 10.5 Å². The van der Waals surface area contributed by atoms with Crippen LogP contribution in [0, 0.1) is 0 Å². The van der Waals surface area contributed by atoms with Crippen LogP contribution in [0.2, 0.25) is 0 Å². The number of nitrogens with two attached hydrogens (primary N) is 1. The van der Waals surface area contributed by atoms with Gasteiger partial charge in [0, 0.05) is 10.7 Å². The van der Waals surface area contributed by atoms with Gasteiger partial charge in [0.15, 0.2) is 0 Å². The number of hydrogen-bond acceptors (Lipinski definition) is 3. The van der Waals surface area contributed by atoms with Crippen LogP contribution < -0.4 is 10.5 Å². The molecule has 4 nitrogen and oxygen atoms in total. The number of nitrogens with zero attached hydrogens (tertiary/aromatic N) is 2. The molecule has 0 aliphatic heterocycles. The lowest BCUT2D eigenvalue weighted by molar-refractivity contribution is 0.291. The molecule has 2 aromatic rings. The van der Waals surface area contributed by atoms with E-state index in [9.17, 15) is 0 Å². The summed E-state index contributed by atoms with van der Waals surface area (Å²) < 4.78 is 8.56. The number of rotatable bonds is 6. The monoisotopic (exact) mass is 309 g/mol. The maximum absolute atomic E-state index is 5.63. The predicted molar refractivity (Wildman–Crippen MR) is 74.6 cm³/mol. The van der Waals surface area contributed by atoms with E-state index in [1.807, 2.05) is 41.3 Å². The first-order valence-electron chi connectivity index (χ1n) is 5.87. The summed E-state index contributed by atoms with van der Waals surface area (Å²) in [5.41, 5.74) is 6.66. The van der Waals surface area contributed by atoms with Gasteiger partial charge in [-0.1, -0.05) is 15.9 Å². The Labute approximate surface area is 115 Å². The molecule has 0 spiro atoms. The molecule has 1 aromatic carbocycles. The maximum Gasteiger partial charge on any atom is 0.119 e. The Balaban J connectivity index is 1.79. The number of ether oxygens (including phenoxy) is 1. The summed E-state index contributed by atoms with van der Waals surface area (Å²) >= 11 is 3.39. The van der Waals surface area contributed by atoms with Gasteiger partial charge in [0.25, 0.3) is 0 Å². The molecule has 0 aliphatic carbocycles. The summed E-state index contributed by atoms with van der Waals surface area (Å²) in [5, 5.41) is 4.25. The lowest BCUT2D eigenvalue weighted by Gasteiger charge is -2.06. The molecular formula is C13H16BrN3O. The average Bonchev–Trinajstić information content (AvgIpc) is 2.80. The number of hydrogen-bond donors (Lipinski definition) is 1. The van der Waals surface area contributed by atoms with Gasteiger partial charge in [-0.25, -0.2) is 0 Å². The minimum atomic E-state index is 0.603. The first-order chi connectivity index (χ1) is 8.78. The van der Waals surface area contributed by atoms with Crippen molar-refractivity contribution in [2.45, 2.75) is 13.0 Å². The van der Waals surface area contributed by atoms with Gasteiger partial charge in [-0.15, -0.1) is 0 Å². The highest BCUT2D eigenvalue weighted by Gasteiger charge is 1.98. The molecule has 0 unspecified atom stereocenters. The second-order valence-corrected chi connectivity index (χ2v) is 4.87. The molecule has 1 aromatic heterocycles. The molecule has 2 rings (SSSR count). The smallest absolute Gasteiger partial charge is 0.119 e. The Bertz CT molecular complexity index is 481. The first-order valence-corrected chi connectivity index (χ1v) is 6.67. The Hall–Kier alpha value is -1.33. The number of aromatic nitrogens is 2. The van der Waals surface area contributed by atoms with Crippen LogP contribution in [0.1, 0.15) is 5.56 Å². The summed E-state index contributed by atoms with van der Waals surface area (Å²) in [5.74, 6) is 0.868. The molecule has 0 amide bonds. The maximum atomic E-state index is 5.63. The fourth-order valence-electron chi connectivity index (χ4n) is 1.61. The van der Waals surface area contributed by atoms with Crippen LogP contribution in [0.15, 0.2) is 41.1 Å². The first kappa shape index (κ1) is 13.1. The fourth-order valence-corrected chi connectivity index (χ4v) is 1.88. The van der Waals surface area contributed by atoms with E-state index in [-0.39, 0.29) is 0 Å². The zero-order valence-corrected chi connectivity index (χ0v) is 11.6. The van der Waals surface area contributed by atoms with Crippen LogP contribution in [-0.4, -0.2) is 22.9 Å². The lowest BCUT2D eigenvalue weighted by Crippen LogP contribution is -2.08. The van der Waals surface area contributed by atoms with Crippen LogP contribution >= 0.6 is 15.9 Å². The fraction of sp³-hybridized carbons (Fsp3) is 0.308. The summed E-state index contributed by atoms with van der Waals surface area (Å²) in [6.45, 7) is 1.99. The van der Waals surface area contributed by atoms with Crippen molar-refractivity contribution in [3.8, 4) is 5.75 Å². The summed E-state index contributed by atoms with van der Waals surface area (Å²) in [6.07, 6.45) is 4.73. The number of benzene rings is 1. The van der Waals surface area contributed by atoms with Crippen molar-refractivity contribution in [3.63, 3.8) is 0 Å². The quantitative estimate of drug-likeness (QED) is 0.890. The van der Waals surface area contributed by atoms with Crippen molar-refractivity contribution < 1.29 is 4.74 Å². The highest BCUT2D eigenvalue weighted by molar-refractivity contribution is 9.10. The average molecular weight is 310 g/mol. The van der Waals surface area contributed by atoms with Gasteiger partial charge in [-0.2, -0.15) is 5.10 Å². The summed E-state index contributed by atoms with van der Waals surface area (Å²) in [7, 11) is 0. The van der Waals surface area contributed by atoms with Gasteiger partial charge in [-0.05, 0) is 42.8 Å². The zero-order chi connectivity index (χ0) is 12.8. The van der Waals surface area contributed by atoms with E-state index in [4.69, 9.17) is 10.5 Å². The molecule has 96 valence electrons. The Morgan fingerprint density at radius 2 is 2.06 bits per heavy atom. The van der Waals surface area contributed by atoms with Crippen molar-refractivity contribution in [1.82, 2.24) is 9.78 Å². The Morgan fingerprint density at radius 3 is 2.78 bits per heavy atom. The van der Waals surface area contributed by atoms with Crippen LogP contribution in [-0.2, 0) is 13.0 Å². The zero-order valence-electron chi connectivity index (χ0n) is 10.1. The molecule has 0 radical (unpaired) electrons. The standard InChI is InChI=1S/C13H16BrN3O/c14-12-1-3-13(4-2-12)18-8-7-17-10-11(5-6-15)9-16-17/h1-4,9-10H,5-8,15H2. The molecule has 18 heavy (non-hydrogen) atoms. The predicted octanol–water partition coefficient (Wildman–Crippen LogP) is 2.23. The second kappa shape index (κ2) is 6.56. The van der Waals surface area contributed by atoms with Gasteiger partial charge >= 0.3 is 0 Å². The Kier molecular flexibility index (Phi) is 4.78. The molecule has 1 heterocycles. The third-order valence-electron chi connectivity index (χ3n) is 2.52. The number of halogens is 1. The van der Waals surface area contributed by atoms with E-state index < -0.39 is 0 Å². The molecule has 0 saturated heterocycles.